The number of benzene rings is 3. The molecule has 0 radical (unpaired) electrons. The van der Waals surface area contributed by atoms with Crippen molar-refractivity contribution in [1.29, 1.82) is 0 Å². The fraction of sp³-hybridized carbons (Fsp3) is 0.100. The highest BCUT2D eigenvalue weighted by Gasteiger charge is 2.45. The zero-order chi connectivity index (χ0) is 20.4. The van der Waals surface area contributed by atoms with Crippen molar-refractivity contribution in [3.63, 3.8) is 0 Å². The molecule has 0 saturated carbocycles. The second-order valence-corrected chi connectivity index (χ2v) is 7.04. The van der Waals surface area contributed by atoms with Crippen molar-refractivity contribution in [2.24, 2.45) is 0 Å². The molecule has 2 bridgehead atoms. The van der Waals surface area contributed by atoms with Crippen LogP contribution >= 0.6 is 0 Å². The number of nitrogens with zero attached hydrogens (tertiary/aromatic N) is 3. The third-order valence-electron chi connectivity index (χ3n) is 5.72. The molecule has 0 atom stereocenters. The van der Waals surface area contributed by atoms with E-state index >= 15 is 0 Å². The van der Waals surface area contributed by atoms with Gasteiger partial charge >= 0.3 is 0 Å². The highest BCUT2D eigenvalue weighted by molar-refractivity contribution is 5.73. The van der Waals surface area contributed by atoms with Gasteiger partial charge in [-0.05, 0) is 27.8 Å². The second kappa shape index (κ2) is 5.68. The maximum Gasteiger partial charge on any atom is 0.273 e. The molecule has 0 saturated heterocycles. The Balaban J connectivity index is 1.86. The predicted molar refractivity (Wildman–Crippen MR) is 101 cm³/mol. The molecule has 3 aliphatic rings. The van der Waals surface area contributed by atoms with E-state index in [4.69, 9.17) is 0 Å². The van der Waals surface area contributed by atoms with Crippen molar-refractivity contribution in [2.75, 3.05) is 0 Å². The fourth-order valence-corrected chi connectivity index (χ4v) is 4.65. The molecule has 0 fully saturated rings. The summed E-state index contributed by atoms with van der Waals surface area (Å²) in [6.45, 7) is 0. The lowest BCUT2D eigenvalue weighted by Gasteiger charge is -2.41. The smallest absolute Gasteiger partial charge is 0.258 e. The van der Waals surface area contributed by atoms with Gasteiger partial charge < -0.3 is 0 Å². The van der Waals surface area contributed by atoms with Gasteiger partial charge in [0.15, 0.2) is 0 Å². The molecule has 0 aromatic heterocycles. The average Bonchev–Trinajstić information content (AvgIpc) is 2.71. The maximum atomic E-state index is 11.7. The molecule has 29 heavy (non-hydrogen) atoms. The van der Waals surface area contributed by atoms with Gasteiger partial charge in [0, 0.05) is 47.7 Å². The zero-order valence-corrected chi connectivity index (χ0v) is 14.6. The van der Waals surface area contributed by atoms with Crippen molar-refractivity contribution in [2.45, 2.75) is 11.8 Å². The van der Waals surface area contributed by atoms with Gasteiger partial charge in [-0.3, -0.25) is 30.3 Å². The van der Waals surface area contributed by atoms with E-state index in [2.05, 4.69) is 0 Å². The normalized spacial score (nSPS) is 17.8. The first-order chi connectivity index (χ1) is 13.9. The van der Waals surface area contributed by atoms with Crippen molar-refractivity contribution in [1.82, 2.24) is 0 Å². The highest BCUT2D eigenvalue weighted by Crippen LogP contribution is 2.58. The molecule has 0 amide bonds. The van der Waals surface area contributed by atoms with Crippen LogP contribution in [0.4, 0.5) is 17.1 Å². The Morgan fingerprint density at radius 2 is 1.14 bits per heavy atom. The topological polar surface area (TPSA) is 129 Å². The van der Waals surface area contributed by atoms with Crippen LogP contribution in [-0.4, -0.2) is 14.8 Å². The molecular weight excluding hydrogens is 378 g/mol. The van der Waals surface area contributed by atoms with Crippen molar-refractivity contribution in [3.8, 4) is 0 Å². The minimum atomic E-state index is -0.542. The van der Waals surface area contributed by atoms with Crippen LogP contribution in [0.3, 0.4) is 0 Å². The molecule has 0 spiro atoms. The Hall–Kier alpha value is -4.14. The lowest BCUT2D eigenvalue weighted by molar-refractivity contribution is -0.385. The summed E-state index contributed by atoms with van der Waals surface area (Å²) in [6, 6.07) is 13.8. The van der Waals surface area contributed by atoms with E-state index in [0.717, 1.165) is 11.1 Å². The zero-order valence-electron chi connectivity index (χ0n) is 14.6. The summed E-state index contributed by atoms with van der Waals surface area (Å²) in [6.07, 6.45) is 0. The first-order valence-corrected chi connectivity index (χ1v) is 8.72. The predicted octanol–water partition coefficient (Wildman–Crippen LogP) is 4.40. The highest BCUT2D eigenvalue weighted by atomic mass is 16.6. The number of hydrogen-bond donors (Lipinski definition) is 0. The molecule has 3 aromatic rings. The van der Waals surface area contributed by atoms with Gasteiger partial charge in [0.05, 0.1) is 14.8 Å². The van der Waals surface area contributed by atoms with Gasteiger partial charge in [0.25, 0.3) is 17.1 Å². The fourth-order valence-electron chi connectivity index (χ4n) is 4.65. The molecule has 3 aliphatic carbocycles. The van der Waals surface area contributed by atoms with E-state index in [-0.39, 0.29) is 17.1 Å². The SMILES string of the molecule is O=[N+]([O-])c1ccc2c(c1)C1c3cc([N+](=O)[O-])ccc3C2c2c1cccc2[N+](=O)[O-]. The second-order valence-electron chi connectivity index (χ2n) is 7.04. The standard InChI is InChI=1S/C20H11N3O6/c24-21(25)10-4-6-12-15(8-10)18-14-2-1-3-17(23(28)29)20(14)19(12)13-7-5-11(22(26)27)9-16(13)18/h1-9,18-19H. The van der Waals surface area contributed by atoms with Crippen LogP contribution < -0.4 is 0 Å². The third-order valence-corrected chi connectivity index (χ3v) is 5.72. The molecule has 9 nitrogen and oxygen atoms in total. The van der Waals surface area contributed by atoms with Crippen molar-refractivity contribution < 1.29 is 14.8 Å². The Labute approximate surface area is 162 Å². The first kappa shape index (κ1) is 17.0. The Kier molecular flexibility index (Phi) is 3.33. The van der Waals surface area contributed by atoms with E-state index < -0.39 is 26.6 Å². The maximum absolute atomic E-state index is 11.7. The largest absolute Gasteiger partial charge is 0.273 e. The van der Waals surface area contributed by atoms with Gasteiger partial charge in [-0.2, -0.15) is 0 Å². The number of nitro groups is 3. The molecule has 142 valence electrons. The number of rotatable bonds is 3. The summed E-state index contributed by atoms with van der Waals surface area (Å²) in [5, 5.41) is 34.3. The first-order valence-electron chi connectivity index (χ1n) is 8.72. The molecule has 9 heteroatoms. The number of hydrogen-bond acceptors (Lipinski definition) is 6. The average molecular weight is 389 g/mol. The van der Waals surface area contributed by atoms with Crippen LogP contribution in [0, 0.1) is 30.3 Å². The van der Waals surface area contributed by atoms with E-state index in [1.165, 1.54) is 30.3 Å². The van der Waals surface area contributed by atoms with Crippen LogP contribution in [0.5, 0.6) is 0 Å². The summed E-state index contributed by atoms with van der Waals surface area (Å²) in [5.41, 5.74) is 3.83. The summed E-state index contributed by atoms with van der Waals surface area (Å²) in [7, 11) is 0. The summed E-state index contributed by atoms with van der Waals surface area (Å²) in [5.74, 6) is -1.05. The lowest BCUT2D eigenvalue weighted by Crippen LogP contribution is -2.28. The van der Waals surface area contributed by atoms with Gasteiger partial charge in [0.1, 0.15) is 0 Å². The molecule has 3 aromatic carbocycles. The van der Waals surface area contributed by atoms with Crippen LogP contribution in [0.2, 0.25) is 0 Å². The van der Waals surface area contributed by atoms with Crippen molar-refractivity contribution in [3.05, 3.63) is 118 Å². The van der Waals surface area contributed by atoms with E-state index in [9.17, 15) is 30.3 Å². The molecule has 0 aliphatic heterocycles. The van der Waals surface area contributed by atoms with E-state index in [1.807, 2.05) is 0 Å². The molecule has 0 N–H and O–H groups in total. The Morgan fingerprint density at radius 1 is 0.586 bits per heavy atom. The minimum Gasteiger partial charge on any atom is -0.258 e. The van der Waals surface area contributed by atoms with Gasteiger partial charge in [-0.1, -0.05) is 24.3 Å². The summed E-state index contributed by atoms with van der Waals surface area (Å²) >= 11 is 0. The Bertz CT molecular complexity index is 1200. The van der Waals surface area contributed by atoms with Gasteiger partial charge in [-0.15, -0.1) is 0 Å². The van der Waals surface area contributed by atoms with Gasteiger partial charge in [0.2, 0.25) is 0 Å². The quantitative estimate of drug-likeness (QED) is 0.332. The van der Waals surface area contributed by atoms with Crippen LogP contribution in [0.1, 0.15) is 45.2 Å². The van der Waals surface area contributed by atoms with E-state index in [0.29, 0.717) is 22.3 Å². The van der Waals surface area contributed by atoms with Gasteiger partial charge in [-0.25, -0.2) is 0 Å². The summed E-state index contributed by atoms with van der Waals surface area (Å²) < 4.78 is 0. The lowest BCUT2D eigenvalue weighted by atomic mass is 9.60. The monoisotopic (exact) mass is 389 g/mol. The molecule has 0 heterocycles. The number of nitro benzene ring substituents is 3. The Morgan fingerprint density at radius 3 is 1.62 bits per heavy atom. The molecule has 6 rings (SSSR count). The summed E-state index contributed by atoms with van der Waals surface area (Å²) in [4.78, 5) is 32.9. The molecule has 0 unspecified atom stereocenters. The van der Waals surface area contributed by atoms with Crippen LogP contribution in [0.15, 0.2) is 54.6 Å². The van der Waals surface area contributed by atoms with Crippen LogP contribution in [-0.2, 0) is 0 Å². The number of non-ortho nitro benzene ring substituents is 2. The van der Waals surface area contributed by atoms with Crippen molar-refractivity contribution >= 4 is 17.1 Å². The minimum absolute atomic E-state index is 0.0227. The van der Waals surface area contributed by atoms with Crippen LogP contribution in [0.25, 0.3) is 0 Å². The molecular formula is C20H11N3O6. The van der Waals surface area contributed by atoms with E-state index in [1.54, 1.807) is 24.3 Å². The third kappa shape index (κ3) is 2.21.